The average molecular weight is 262 g/mol. The monoisotopic (exact) mass is 262 g/mol. The van der Waals surface area contributed by atoms with Crippen LogP contribution in [0.25, 0.3) is 0 Å². The van der Waals surface area contributed by atoms with Gasteiger partial charge in [0.05, 0.1) is 6.61 Å². The second-order valence-electron chi connectivity index (χ2n) is 3.90. The highest BCUT2D eigenvalue weighted by atomic mass is 19.2. The Morgan fingerprint density at radius 1 is 1.56 bits per heavy atom. The number of nitrogens with zero attached hydrogens (tertiary/aromatic N) is 1. The number of alkyl halides is 1. The van der Waals surface area contributed by atoms with Gasteiger partial charge in [-0.15, -0.1) is 0 Å². The minimum Gasteiger partial charge on any atom is -0.394 e. The second kappa shape index (κ2) is 4.28. The molecule has 1 saturated heterocycles. The molecular weight excluding hydrogens is 251 g/mol. The Morgan fingerprint density at radius 2 is 2.22 bits per heavy atom. The highest BCUT2D eigenvalue weighted by molar-refractivity contribution is 4.97. The molecule has 0 amide bonds. The van der Waals surface area contributed by atoms with E-state index in [0.29, 0.717) is 4.57 Å². The Morgan fingerprint density at radius 3 is 2.72 bits per heavy atom. The molecule has 18 heavy (non-hydrogen) atoms. The van der Waals surface area contributed by atoms with Crippen LogP contribution in [-0.2, 0) is 4.74 Å². The summed E-state index contributed by atoms with van der Waals surface area (Å²) in [5, 5.41) is 27.7. The number of hydrogen-bond acceptors (Lipinski definition) is 6. The van der Waals surface area contributed by atoms with E-state index in [9.17, 15) is 24.2 Å². The van der Waals surface area contributed by atoms with Gasteiger partial charge < -0.3 is 20.1 Å². The number of nitrogens with one attached hydrogen (secondary N) is 1. The van der Waals surface area contributed by atoms with E-state index in [0.717, 1.165) is 12.3 Å². The molecule has 2 heterocycles. The molecule has 9 heteroatoms. The van der Waals surface area contributed by atoms with Gasteiger partial charge in [-0.1, -0.05) is 0 Å². The maximum absolute atomic E-state index is 13.9. The minimum atomic E-state index is -3.25. The van der Waals surface area contributed by atoms with Crippen LogP contribution in [0.4, 0.5) is 4.39 Å². The fourth-order valence-electron chi connectivity index (χ4n) is 1.76. The first-order valence-corrected chi connectivity index (χ1v) is 5.05. The summed E-state index contributed by atoms with van der Waals surface area (Å²) in [6.07, 6.45) is -4.31. The summed E-state index contributed by atoms with van der Waals surface area (Å²) in [5.74, 6) is -3.25. The molecule has 1 aliphatic heterocycles. The molecule has 0 aliphatic carbocycles. The van der Waals surface area contributed by atoms with Gasteiger partial charge in [-0.25, -0.2) is 9.18 Å². The van der Waals surface area contributed by atoms with Crippen molar-refractivity contribution in [1.29, 1.82) is 0 Å². The number of hydrogen-bond donors (Lipinski definition) is 4. The van der Waals surface area contributed by atoms with E-state index in [4.69, 9.17) is 9.84 Å². The van der Waals surface area contributed by atoms with Crippen LogP contribution in [-0.4, -0.2) is 49.5 Å². The molecule has 1 fully saturated rings. The molecule has 0 unspecified atom stereocenters. The number of aliphatic hydroxyl groups excluding tert-OH is 2. The number of aromatic nitrogens is 2. The molecule has 0 spiro atoms. The molecule has 2 rings (SSSR count). The topological polar surface area (TPSA) is 125 Å². The van der Waals surface area contributed by atoms with E-state index >= 15 is 0 Å². The third kappa shape index (κ3) is 1.86. The molecule has 1 aromatic rings. The van der Waals surface area contributed by atoms with Crippen molar-refractivity contribution in [2.24, 2.45) is 0 Å². The molecule has 0 radical (unpaired) electrons. The molecule has 4 atom stereocenters. The van der Waals surface area contributed by atoms with E-state index in [2.05, 4.69) is 0 Å². The van der Waals surface area contributed by atoms with Crippen LogP contribution in [0.2, 0.25) is 0 Å². The lowest BCUT2D eigenvalue weighted by molar-refractivity contribution is -0.197. The van der Waals surface area contributed by atoms with Crippen molar-refractivity contribution >= 4 is 0 Å². The zero-order valence-electron chi connectivity index (χ0n) is 8.99. The number of rotatable bonds is 2. The van der Waals surface area contributed by atoms with Crippen LogP contribution in [0, 0.1) is 0 Å². The van der Waals surface area contributed by atoms with Gasteiger partial charge in [0.2, 0.25) is 0 Å². The summed E-state index contributed by atoms with van der Waals surface area (Å²) < 4.78 is 19.3. The van der Waals surface area contributed by atoms with Crippen LogP contribution >= 0.6 is 0 Å². The van der Waals surface area contributed by atoms with Crippen molar-refractivity contribution in [2.75, 3.05) is 6.61 Å². The largest absolute Gasteiger partial charge is 0.394 e. The normalized spacial score (nSPS) is 35.9. The molecule has 8 nitrogen and oxygen atoms in total. The van der Waals surface area contributed by atoms with Gasteiger partial charge in [-0.3, -0.25) is 14.3 Å². The number of ether oxygens (including phenoxy) is 1. The standard InChI is InChI=1S/C9H11FN2O6/c10-9(17)6(15)4(3-13)18-7(9)12-2-1-5(14)11-8(12)16/h1-2,4,6-7,13,15,17H,3H2,(H,11,14,16)/t4-,6-,7-,9+/m1/s1. The van der Waals surface area contributed by atoms with E-state index in [-0.39, 0.29) is 0 Å². The Bertz CT molecular complexity index is 552. The molecule has 100 valence electrons. The van der Waals surface area contributed by atoms with Gasteiger partial charge in [-0.05, 0) is 0 Å². The summed E-state index contributed by atoms with van der Waals surface area (Å²) in [6, 6.07) is 0.930. The SMILES string of the molecule is O=c1ccn([C@@H]2O[C@H](CO)[C@@H](O)[C@@]2(O)F)c(=O)[nH]1. The van der Waals surface area contributed by atoms with E-state index in [1.807, 2.05) is 4.98 Å². The van der Waals surface area contributed by atoms with Crippen molar-refractivity contribution in [3.05, 3.63) is 33.1 Å². The van der Waals surface area contributed by atoms with Gasteiger partial charge in [-0.2, -0.15) is 0 Å². The van der Waals surface area contributed by atoms with Crippen LogP contribution < -0.4 is 11.2 Å². The zero-order valence-corrected chi connectivity index (χ0v) is 8.99. The van der Waals surface area contributed by atoms with Gasteiger partial charge in [0.15, 0.2) is 6.23 Å². The van der Waals surface area contributed by atoms with Gasteiger partial charge >= 0.3 is 5.69 Å². The van der Waals surface area contributed by atoms with Crippen molar-refractivity contribution in [3.8, 4) is 0 Å². The van der Waals surface area contributed by atoms with E-state index in [1.165, 1.54) is 0 Å². The van der Waals surface area contributed by atoms with Gasteiger partial charge in [0.25, 0.3) is 11.4 Å². The van der Waals surface area contributed by atoms with E-state index in [1.54, 1.807) is 0 Å². The fourth-order valence-corrected chi connectivity index (χ4v) is 1.76. The lowest BCUT2D eigenvalue weighted by Crippen LogP contribution is -2.45. The van der Waals surface area contributed by atoms with Crippen LogP contribution in [0.5, 0.6) is 0 Å². The van der Waals surface area contributed by atoms with Crippen molar-refractivity contribution in [2.45, 2.75) is 24.3 Å². The third-order valence-corrected chi connectivity index (χ3v) is 2.70. The lowest BCUT2D eigenvalue weighted by Gasteiger charge is -2.23. The molecule has 4 N–H and O–H groups in total. The minimum absolute atomic E-state index is 0.584. The van der Waals surface area contributed by atoms with E-state index < -0.39 is 42.1 Å². The molecule has 1 aliphatic rings. The molecule has 0 bridgehead atoms. The van der Waals surface area contributed by atoms with Gasteiger partial charge in [0, 0.05) is 12.3 Å². The number of aromatic amines is 1. The molecule has 0 saturated carbocycles. The number of aliphatic hydroxyl groups is 3. The lowest BCUT2D eigenvalue weighted by atomic mass is 10.1. The van der Waals surface area contributed by atoms with Crippen LogP contribution in [0.3, 0.4) is 0 Å². The Hall–Kier alpha value is -1.55. The first-order chi connectivity index (χ1) is 8.37. The summed E-state index contributed by atoms with van der Waals surface area (Å²) in [6.45, 7) is -0.734. The summed E-state index contributed by atoms with van der Waals surface area (Å²) in [7, 11) is 0. The van der Waals surface area contributed by atoms with Crippen LogP contribution in [0.15, 0.2) is 21.9 Å². The molecular formula is C9H11FN2O6. The summed E-state index contributed by atoms with van der Waals surface area (Å²) in [4.78, 5) is 24.1. The fraction of sp³-hybridized carbons (Fsp3) is 0.556. The highest BCUT2D eigenvalue weighted by Gasteiger charge is 2.57. The first kappa shape index (κ1) is 12.9. The van der Waals surface area contributed by atoms with Crippen molar-refractivity contribution in [3.63, 3.8) is 0 Å². The zero-order chi connectivity index (χ0) is 13.5. The van der Waals surface area contributed by atoms with Gasteiger partial charge in [0.1, 0.15) is 12.2 Å². The predicted octanol–water partition coefficient (Wildman–Crippen LogP) is -2.55. The van der Waals surface area contributed by atoms with Crippen molar-refractivity contribution < 1.29 is 24.4 Å². The van der Waals surface area contributed by atoms with Crippen LogP contribution in [0.1, 0.15) is 6.23 Å². The number of halogens is 1. The Balaban J connectivity index is 2.45. The Labute approximate surface area is 98.9 Å². The smallest absolute Gasteiger partial charge is 0.330 e. The molecule has 0 aromatic carbocycles. The summed E-state index contributed by atoms with van der Waals surface area (Å²) >= 11 is 0. The number of H-pyrrole nitrogens is 1. The Kier molecular flexibility index (Phi) is 3.07. The third-order valence-electron chi connectivity index (χ3n) is 2.70. The average Bonchev–Trinajstić information content (AvgIpc) is 2.52. The maximum Gasteiger partial charge on any atom is 0.330 e. The maximum atomic E-state index is 13.9. The molecule has 1 aromatic heterocycles. The quantitative estimate of drug-likeness (QED) is 0.465. The van der Waals surface area contributed by atoms with Crippen molar-refractivity contribution in [1.82, 2.24) is 9.55 Å². The predicted molar refractivity (Wildman–Crippen MR) is 54.4 cm³/mol. The second-order valence-corrected chi connectivity index (χ2v) is 3.90. The summed E-state index contributed by atoms with van der Waals surface area (Å²) in [5.41, 5.74) is -1.70. The highest BCUT2D eigenvalue weighted by Crippen LogP contribution is 2.38. The first-order valence-electron chi connectivity index (χ1n) is 5.05.